The van der Waals surface area contributed by atoms with Crippen LogP contribution in [0.2, 0.25) is 5.02 Å². The molecule has 170 valence electrons. The highest BCUT2D eigenvalue weighted by Gasteiger charge is 2.32. The molecule has 3 rings (SSSR count). The Kier molecular flexibility index (Phi) is 8.21. The zero-order valence-electron chi connectivity index (χ0n) is 18.5. The van der Waals surface area contributed by atoms with Crippen LogP contribution in [0.15, 0.2) is 46.3 Å². The Bertz CT molecular complexity index is 1040. The molecule has 32 heavy (non-hydrogen) atoms. The highest BCUT2D eigenvalue weighted by atomic mass is 35.5. The van der Waals surface area contributed by atoms with E-state index in [4.69, 9.17) is 21.1 Å². The highest BCUT2D eigenvalue weighted by Crippen LogP contribution is 2.40. The second kappa shape index (κ2) is 10.9. The number of rotatable bonds is 8. The number of thioether (sulfide) groups is 1. The third-order valence-electron chi connectivity index (χ3n) is 4.78. The lowest BCUT2D eigenvalue weighted by Gasteiger charge is -2.18. The van der Waals surface area contributed by atoms with Crippen molar-refractivity contribution in [2.45, 2.75) is 40.2 Å². The summed E-state index contributed by atoms with van der Waals surface area (Å²) in [7, 11) is 0. The van der Waals surface area contributed by atoms with Crippen molar-refractivity contribution in [2.24, 2.45) is 4.99 Å². The van der Waals surface area contributed by atoms with Gasteiger partial charge < -0.3 is 9.47 Å². The lowest BCUT2D eigenvalue weighted by molar-refractivity contribution is -0.122. The van der Waals surface area contributed by atoms with Gasteiger partial charge in [0.1, 0.15) is 5.82 Å². The van der Waals surface area contributed by atoms with E-state index in [2.05, 4.69) is 4.99 Å². The van der Waals surface area contributed by atoms with Gasteiger partial charge in [-0.1, -0.05) is 18.5 Å². The molecular weight excluding hydrogens is 451 g/mol. The van der Waals surface area contributed by atoms with Gasteiger partial charge in [0.2, 0.25) is 0 Å². The van der Waals surface area contributed by atoms with Gasteiger partial charge in [0.25, 0.3) is 5.91 Å². The van der Waals surface area contributed by atoms with E-state index in [0.29, 0.717) is 45.4 Å². The Hall–Kier alpha value is -2.51. The summed E-state index contributed by atoms with van der Waals surface area (Å²) in [5.74, 6) is 0.562. The molecule has 1 aliphatic heterocycles. The van der Waals surface area contributed by atoms with Gasteiger partial charge in [-0.3, -0.25) is 9.69 Å². The van der Waals surface area contributed by atoms with Crippen LogP contribution in [0.5, 0.6) is 11.5 Å². The van der Waals surface area contributed by atoms with Crippen LogP contribution in [-0.4, -0.2) is 35.2 Å². The first-order valence-electron chi connectivity index (χ1n) is 10.5. The molecule has 0 spiro atoms. The van der Waals surface area contributed by atoms with Crippen molar-refractivity contribution in [2.75, 3.05) is 13.2 Å². The molecule has 0 aliphatic carbocycles. The van der Waals surface area contributed by atoms with Crippen molar-refractivity contribution >= 4 is 46.2 Å². The SMILES string of the molecule is CCOc1cc(/C=C2/SC(=Nc3ccc(F)cc3)N(CC)C2=O)cc(Cl)c1O[C@H](C)CC. The average Bonchev–Trinajstić information content (AvgIpc) is 3.06. The molecule has 1 saturated heterocycles. The number of aliphatic imine (C=N–C) groups is 1. The van der Waals surface area contributed by atoms with Crippen molar-refractivity contribution in [3.63, 3.8) is 0 Å². The molecule has 1 heterocycles. The van der Waals surface area contributed by atoms with Crippen LogP contribution in [0.25, 0.3) is 6.08 Å². The monoisotopic (exact) mass is 476 g/mol. The quantitative estimate of drug-likeness (QED) is 0.399. The van der Waals surface area contributed by atoms with E-state index in [1.165, 1.54) is 23.9 Å². The van der Waals surface area contributed by atoms with E-state index >= 15 is 0 Å². The van der Waals surface area contributed by atoms with E-state index in [0.717, 1.165) is 12.0 Å². The third-order valence-corrected chi connectivity index (χ3v) is 6.07. The Morgan fingerprint density at radius 1 is 1.22 bits per heavy atom. The summed E-state index contributed by atoms with van der Waals surface area (Å²) in [5.41, 5.74) is 1.31. The molecule has 1 atom stereocenters. The molecular formula is C24H26ClFN2O3S. The molecule has 8 heteroatoms. The van der Waals surface area contributed by atoms with E-state index in [-0.39, 0.29) is 17.8 Å². The fourth-order valence-electron chi connectivity index (χ4n) is 2.98. The van der Waals surface area contributed by atoms with Gasteiger partial charge in [0, 0.05) is 6.54 Å². The first-order chi connectivity index (χ1) is 15.4. The van der Waals surface area contributed by atoms with E-state index < -0.39 is 0 Å². The zero-order valence-corrected chi connectivity index (χ0v) is 20.1. The minimum Gasteiger partial charge on any atom is -0.490 e. The van der Waals surface area contributed by atoms with E-state index in [1.54, 1.807) is 29.2 Å². The topological polar surface area (TPSA) is 51.1 Å². The fraction of sp³-hybridized carbons (Fsp3) is 0.333. The summed E-state index contributed by atoms with van der Waals surface area (Å²) in [6, 6.07) is 9.41. The largest absolute Gasteiger partial charge is 0.490 e. The first kappa shape index (κ1) is 24.1. The number of ether oxygens (including phenoxy) is 2. The number of benzene rings is 2. The highest BCUT2D eigenvalue weighted by molar-refractivity contribution is 8.18. The van der Waals surface area contributed by atoms with Crippen LogP contribution < -0.4 is 9.47 Å². The predicted octanol–water partition coefficient (Wildman–Crippen LogP) is 6.68. The normalized spacial score (nSPS) is 17.3. The van der Waals surface area contributed by atoms with Crippen LogP contribution >= 0.6 is 23.4 Å². The van der Waals surface area contributed by atoms with Crippen LogP contribution in [0.4, 0.5) is 10.1 Å². The Balaban J connectivity index is 1.94. The number of likely N-dealkylation sites (N-methyl/N-ethyl adjacent to an activating group) is 1. The summed E-state index contributed by atoms with van der Waals surface area (Å²) in [5, 5.41) is 0.967. The van der Waals surface area contributed by atoms with Crippen LogP contribution in [0, 0.1) is 5.82 Å². The molecule has 0 saturated carbocycles. The Labute approximate surface area is 197 Å². The summed E-state index contributed by atoms with van der Waals surface area (Å²) < 4.78 is 24.9. The Morgan fingerprint density at radius 2 is 1.94 bits per heavy atom. The van der Waals surface area contributed by atoms with Crippen molar-refractivity contribution in [3.05, 3.63) is 57.7 Å². The average molecular weight is 477 g/mol. The summed E-state index contributed by atoms with van der Waals surface area (Å²) in [6.07, 6.45) is 2.60. The van der Waals surface area contributed by atoms with Crippen molar-refractivity contribution in [1.82, 2.24) is 4.90 Å². The molecule has 2 aromatic carbocycles. The molecule has 0 unspecified atom stereocenters. The lowest BCUT2D eigenvalue weighted by Crippen LogP contribution is -2.28. The maximum absolute atomic E-state index is 13.2. The number of amides is 1. The standard InChI is InChI=1S/C24H26ClFN2O3S/c1-5-15(4)31-22-19(25)12-16(13-20(22)30-7-3)14-21-23(29)28(6-2)24(32-21)27-18-10-8-17(26)9-11-18/h8-15H,5-7H2,1-4H3/b21-14+,27-24?/t15-/m1/s1. The summed E-state index contributed by atoms with van der Waals surface area (Å²) in [4.78, 5) is 19.6. The number of carbonyl (C=O) groups is 1. The second-order valence-electron chi connectivity index (χ2n) is 7.13. The van der Waals surface area contributed by atoms with Gasteiger partial charge >= 0.3 is 0 Å². The summed E-state index contributed by atoms with van der Waals surface area (Å²) in [6.45, 7) is 8.70. The predicted molar refractivity (Wildman–Crippen MR) is 129 cm³/mol. The minimum atomic E-state index is -0.334. The number of nitrogens with zero attached hydrogens (tertiary/aromatic N) is 2. The molecule has 0 radical (unpaired) electrons. The summed E-state index contributed by atoms with van der Waals surface area (Å²) >= 11 is 7.77. The van der Waals surface area contributed by atoms with Crippen molar-refractivity contribution in [3.8, 4) is 11.5 Å². The van der Waals surface area contributed by atoms with Crippen molar-refractivity contribution in [1.29, 1.82) is 0 Å². The molecule has 2 aromatic rings. The molecule has 5 nitrogen and oxygen atoms in total. The zero-order chi connectivity index (χ0) is 23.3. The van der Waals surface area contributed by atoms with E-state index in [1.807, 2.05) is 33.8 Å². The molecule has 1 amide bonds. The number of amidine groups is 1. The van der Waals surface area contributed by atoms with Gasteiger partial charge in [-0.2, -0.15) is 0 Å². The minimum absolute atomic E-state index is 0.00813. The van der Waals surface area contributed by atoms with Crippen LogP contribution in [0.3, 0.4) is 0 Å². The lowest BCUT2D eigenvalue weighted by atomic mass is 10.1. The van der Waals surface area contributed by atoms with Crippen molar-refractivity contribution < 1.29 is 18.7 Å². The van der Waals surface area contributed by atoms with Gasteiger partial charge in [0.15, 0.2) is 16.7 Å². The molecule has 0 bridgehead atoms. The number of hydrogen-bond donors (Lipinski definition) is 0. The van der Waals surface area contributed by atoms with Crippen LogP contribution in [0.1, 0.15) is 39.7 Å². The van der Waals surface area contributed by atoms with Gasteiger partial charge in [-0.05, 0) is 87.0 Å². The maximum Gasteiger partial charge on any atom is 0.266 e. The maximum atomic E-state index is 13.2. The second-order valence-corrected chi connectivity index (χ2v) is 8.55. The van der Waals surface area contributed by atoms with Crippen LogP contribution in [-0.2, 0) is 4.79 Å². The van der Waals surface area contributed by atoms with Gasteiger partial charge in [0.05, 0.1) is 28.3 Å². The molecule has 1 aliphatic rings. The third kappa shape index (κ3) is 5.64. The number of hydrogen-bond acceptors (Lipinski definition) is 5. The fourth-order valence-corrected chi connectivity index (χ4v) is 4.31. The number of carbonyl (C=O) groups excluding carboxylic acids is 1. The number of halogens is 2. The molecule has 0 N–H and O–H groups in total. The smallest absolute Gasteiger partial charge is 0.266 e. The molecule has 1 fully saturated rings. The first-order valence-corrected chi connectivity index (χ1v) is 11.7. The Morgan fingerprint density at radius 3 is 2.56 bits per heavy atom. The van der Waals surface area contributed by atoms with Gasteiger partial charge in [-0.25, -0.2) is 9.38 Å². The van der Waals surface area contributed by atoms with E-state index in [9.17, 15) is 9.18 Å². The molecule has 0 aromatic heterocycles. The van der Waals surface area contributed by atoms with Gasteiger partial charge in [-0.15, -0.1) is 0 Å².